The molecule has 0 radical (unpaired) electrons. The predicted molar refractivity (Wildman–Crippen MR) is 108 cm³/mol. The van der Waals surface area contributed by atoms with Crippen molar-refractivity contribution in [1.29, 1.82) is 0 Å². The number of hydrogen-bond donors (Lipinski definition) is 5. The van der Waals surface area contributed by atoms with Gasteiger partial charge in [-0.3, -0.25) is 4.79 Å². The van der Waals surface area contributed by atoms with E-state index in [0.29, 0.717) is 25.6 Å². The zero-order chi connectivity index (χ0) is 21.0. The summed E-state index contributed by atoms with van der Waals surface area (Å²) in [5.41, 5.74) is 1.03. The Morgan fingerprint density at radius 3 is 2.69 bits per heavy atom. The summed E-state index contributed by atoms with van der Waals surface area (Å²) < 4.78 is 5.72. The molecule has 0 aromatic rings. The van der Waals surface area contributed by atoms with Gasteiger partial charge in [-0.1, -0.05) is 25.5 Å². The van der Waals surface area contributed by atoms with E-state index in [9.17, 15) is 9.90 Å². The summed E-state index contributed by atoms with van der Waals surface area (Å²) >= 11 is 0. The number of aliphatic hydroxyl groups is 3. The van der Waals surface area contributed by atoms with Crippen molar-refractivity contribution in [2.75, 3.05) is 45.9 Å². The zero-order valence-corrected chi connectivity index (χ0v) is 18.0. The van der Waals surface area contributed by atoms with Gasteiger partial charge in [-0.15, -0.1) is 0 Å². The lowest BCUT2D eigenvalue weighted by molar-refractivity contribution is -0.902. The van der Waals surface area contributed by atoms with Gasteiger partial charge in [0.15, 0.2) is 0 Å². The van der Waals surface area contributed by atoms with Gasteiger partial charge in [-0.05, 0) is 18.8 Å². The minimum Gasteiger partial charge on any atom is -0.461 e. The molecule has 29 heavy (non-hydrogen) atoms. The van der Waals surface area contributed by atoms with Crippen LogP contribution < -0.4 is 10.2 Å². The van der Waals surface area contributed by atoms with E-state index in [-0.39, 0.29) is 42.5 Å². The summed E-state index contributed by atoms with van der Waals surface area (Å²) in [6.07, 6.45) is 5.39. The summed E-state index contributed by atoms with van der Waals surface area (Å²) in [7, 11) is 0. The molecule has 2 aliphatic carbocycles. The molecule has 3 aliphatic rings. The number of carbonyl (C=O) groups excluding carboxylic acids is 1. The van der Waals surface area contributed by atoms with Crippen LogP contribution in [0.15, 0.2) is 11.6 Å². The molecule has 6 N–H and O–H groups in total. The van der Waals surface area contributed by atoms with E-state index in [0.717, 1.165) is 38.8 Å². The van der Waals surface area contributed by atoms with Crippen molar-refractivity contribution >= 4 is 5.97 Å². The fourth-order valence-corrected chi connectivity index (χ4v) is 5.82. The highest BCUT2D eigenvalue weighted by molar-refractivity contribution is 5.76. The maximum atomic E-state index is 12.6. The van der Waals surface area contributed by atoms with Crippen molar-refractivity contribution in [3.05, 3.63) is 11.6 Å². The second-order valence-electron chi connectivity index (χ2n) is 9.41. The predicted octanol–water partition coefficient (Wildman–Crippen LogP) is -1.91. The Morgan fingerprint density at radius 1 is 1.28 bits per heavy atom. The molecule has 0 unspecified atom stereocenters. The number of aliphatic hydroxyl groups excluding tert-OH is 3. The van der Waals surface area contributed by atoms with Gasteiger partial charge in [0, 0.05) is 24.2 Å². The third-order valence-electron chi connectivity index (χ3n) is 7.86. The number of carbonyl (C=O) groups is 1. The van der Waals surface area contributed by atoms with E-state index in [2.05, 4.69) is 25.2 Å². The Kier molecular flexibility index (Phi) is 7.73. The Morgan fingerprint density at radius 2 is 2.00 bits per heavy atom. The third-order valence-corrected chi connectivity index (χ3v) is 7.86. The van der Waals surface area contributed by atoms with Crippen LogP contribution in [-0.2, 0) is 9.53 Å². The Bertz CT molecular complexity index is 592. The van der Waals surface area contributed by atoms with E-state index in [1.165, 1.54) is 10.5 Å². The first-order valence-corrected chi connectivity index (χ1v) is 11.4. The lowest BCUT2D eigenvalue weighted by atomic mass is 9.55. The maximum absolute atomic E-state index is 12.6. The van der Waals surface area contributed by atoms with Gasteiger partial charge in [0.1, 0.15) is 25.1 Å². The molecule has 1 aliphatic heterocycles. The van der Waals surface area contributed by atoms with Crippen LogP contribution in [-0.4, -0.2) is 79.4 Å². The lowest BCUT2D eigenvalue weighted by Gasteiger charge is -2.51. The molecule has 0 aromatic heterocycles. The molecule has 1 saturated carbocycles. The molecule has 0 spiro atoms. The minimum atomic E-state index is -0.540. The second kappa shape index (κ2) is 9.88. The van der Waals surface area contributed by atoms with Crippen molar-refractivity contribution in [3.8, 4) is 0 Å². The highest BCUT2D eigenvalue weighted by atomic mass is 16.6. The number of nitrogens with one attached hydrogen (secondary N) is 1. The van der Waals surface area contributed by atoms with Crippen LogP contribution in [0.4, 0.5) is 0 Å². The standard InChI is InChI=1S/C22H38N2O5/c1-15-5-3-6-16-13-18-19(20(27)22(15,16)2)17(21(28)29-18)14-23-7-4-8-24(9-11-25)10-12-26/h6,15,17-20,23,25-27H,3-5,7-14H2,1-2H3/p+2/t15-,17-,18+,19+,20-,22+/m0/s1. The van der Waals surface area contributed by atoms with Crippen molar-refractivity contribution in [2.45, 2.75) is 51.7 Å². The number of fused-ring (bicyclic) bond motifs is 2. The van der Waals surface area contributed by atoms with Gasteiger partial charge in [0.25, 0.3) is 0 Å². The topological polar surface area (TPSA) is 108 Å². The quantitative estimate of drug-likeness (QED) is 0.164. The van der Waals surface area contributed by atoms with Gasteiger partial charge in [-0.2, -0.15) is 0 Å². The molecule has 166 valence electrons. The lowest BCUT2D eigenvalue weighted by Crippen LogP contribution is -3.13. The summed E-state index contributed by atoms with van der Waals surface area (Å²) in [5.74, 6) is -0.113. The first-order valence-electron chi connectivity index (χ1n) is 11.4. The second-order valence-corrected chi connectivity index (χ2v) is 9.41. The maximum Gasteiger partial charge on any atom is 0.315 e. The normalized spacial score (nSPS) is 36.6. The molecule has 2 fully saturated rings. The van der Waals surface area contributed by atoms with Crippen LogP contribution in [0.25, 0.3) is 0 Å². The molecule has 0 aromatic carbocycles. The van der Waals surface area contributed by atoms with Gasteiger partial charge >= 0.3 is 5.97 Å². The van der Waals surface area contributed by atoms with Crippen LogP contribution in [0.5, 0.6) is 0 Å². The van der Waals surface area contributed by atoms with Crippen molar-refractivity contribution < 1.29 is 35.1 Å². The molecule has 0 bridgehead atoms. The number of allylic oxidation sites excluding steroid dienone is 1. The van der Waals surface area contributed by atoms with E-state index in [1.807, 2.05) is 0 Å². The third kappa shape index (κ3) is 4.54. The van der Waals surface area contributed by atoms with E-state index in [1.54, 1.807) is 0 Å². The number of quaternary nitrogens is 2. The summed E-state index contributed by atoms with van der Waals surface area (Å²) in [6, 6.07) is 0. The first kappa shape index (κ1) is 22.7. The van der Waals surface area contributed by atoms with Crippen molar-refractivity contribution in [2.24, 2.45) is 23.2 Å². The van der Waals surface area contributed by atoms with Crippen LogP contribution in [0, 0.1) is 23.2 Å². The highest BCUT2D eigenvalue weighted by Crippen LogP contribution is 2.55. The summed E-state index contributed by atoms with van der Waals surface area (Å²) in [6.45, 7) is 8.38. The molecular weight excluding hydrogens is 372 g/mol. The average molecular weight is 413 g/mol. The number of rotatable bonds is 10. The first-order chi connectivity index (χ1) is 13.9. The van der Waals surface area contributed by atoms with Crippen LogP contribution in [0.1, 0.15) is 39.5 Å². The van der Waals surface area contributed by atoms with Crippen molar-refractivity contribution in [3.63, 3.8) is 0 Å². The minimum absolute atomic E-state index is 0.118. The number of hydrogen-bond acceptors (Lipinski definition) is 5. The van der Waals surface area contributed by atoms with E-state index < -0.39 is 6.10 Å². The molecule has 3 rings (SSSR count). The fourth-order valence-electron chi connectivity index (χ4n) is 5.82. The summed E-state index contributed by atoms with van der Waals surface area (Å²) in [5, 5.41) is 31.7. The fraction of sp³-hybridized carbons (Fsp3) is 0.864. The Labute approximate surface area is 174 Å². The number of ether oxygens (including phenoxy) is 1. The summed E-state index contributed by atoms with van der Waals surface area (Å²) in [4.78, 5) is 13.8. The van der Waals surface area contributed by atoms with Gasteiger partial charge < -0.3 is 30.3 Å². The Balaban J connectivity index is 1.55. The smallest absolute Gasteiger partial charge is 0.315 e. The largest absolute Gasteiger partial charge is 0.461 e. The highest BCUT2D eigenvalue weighted by Gasteiger charge is 2.60. The van der Waals surface area contributed by atoms with Crippen LogP contribution in [0.3, 0.4) is 0 Å². The Hall–Kier alpha value is -0.990. The molecule has 7 heteroatoms. The molecule has 1 saturated heterocycles. The number of esters is 1. The molecular formula is C22H40N2O5+2. The van der Waals surface area contributed by atoms with E-state index >= 15 is 0 Å². The van der Waals surface area contributed by atoms with Gasteiger partial charge in [0.05, 0.1) is 39.0 Å². The van der Waals surface area contributed by atoms with E-state index in [4.69, 9.17) is 14.9 Å². The average Bonchev–Trinajstić information content (AvgIpc) is 3.00. The molecule has 7 nitrogen and oxygen atoms in total. The van der Waals surface area contributed by atoms with Gasteiger partial charge in [-0.25, -0.2) is 0 Å². The van der Waals surface area contributed by atoms with Gasteiger partial charge in [0.2, 0.25) is 0 Å². The zero-order valence-electron chi connectivity index (χ0n) is 18.0. The number of nitrogens with two attached hydrogens (primary N) is 1. The van der Waals surface area contributed by atoms with Crippen molar-refractivity contribution in [1.82, 2.24) is 0 Å². The van der Waals surface area contributed by atoms with Crippen LogP contribution in [0.2, 0.25) is 0 Å². The molecule has 0 amide bonds. The van der Waals surface area contributed by atoms with Crippen LogP contribution >= 0.6 is 0 Å². The SMILES string of the molecule is C[C@H]1CCC=C2C[C@H]3OC(=O)[C@@H](C[NH2+]CCC[NH+](CCO)CCO)[C@H]3[C@H](O)[C@@]21C. The molecule has 1 heterocycles. The monoisotopic (exact) mass is 412 g/mol. The molecule has 6 atom stereocenters.